The van der Waals surface area contributed by atoms with Gasteiger partial charge in [0.05, 0.1) is 10.6 Å². The van der Waals surface area contributed by atoms with Gasteiger partial charge in [0.1, 0.15) is 6.54 Å². The molecule has 2 aliphatic heterocycles. The average molecular weight is 556 g/mol. The molecule has 4 aromatic rings. The molecule has 6 rings (SSSR count). The number of aromatic nitrogens is 1. The van der Waals surface area contributed by atoms with Crippen molar-refractivity contribution in [3.8, 4) is 11.5 Å². The zero-order valence-corrected chi connectivity index (χ0v) is 23.2. The predicted octanol–water partition coefficient (Wildman–Crippen LogP) is 6.34. The van der Waals surface area contributed by atoms with Gasteiger partial charge in [-0.2, -0.15) is 0 Å². The van der Waals surface area contributed by atoms with E-state index in [1.165, 1.54) is 11.8 Å². The van der Waals surface area contributed by atoms with Gasteiger partial charge in [0.15, 0.2) is 15.8 Å². The van der Waals surface area contributed by atoms with Crippen molar-refractivity contribution in [3.63, 3.8) is 0 Å². The van der Waals surface area contributed by atoms with Gasteiger partial charge in [-0.25, -0.2) is 0 Å². The molecular weight excluding hydrogens is 530 g/mol. The molecular formula is C30H25N3O4S2. The molecule has 196 valence electrons. The van der Waals surface area contributed by atoms with Crippen molar-refractivity contribution in [3.05, 3.63) is 88.0 Å². The first-order valence-corrected chi connectivity index (χ1v) is 13.6. The fourth-order valence-electron chi connectivity index (χ4n) is 4.85. The minimum Gasteiger partial charge on any atom is -0.454 e. The van der Waals surface area contributed by atoms with Gasteiger partial charge in [0.25, 0.3) is 5.91 Å². The maximum atomic E-state index is 13.5. The Labute approximate surface area is 235 Å². The zero-order valence-electron chi connectivity index (χ0n) is 21.6. The van der Waals surface area contributed by atoms with Crippen LogP contribution in [0.1, 0.15) is 22.4 Å². The van der Waals surface area contributed by atoms with Crippen molar-refractivity contribution in [1.29, 1.82) is 0 Å². The van der Waals surface area contributed by atoms with Crippen LogP contribution in [0.2, 0.25) is 0 Å². The maximum absolute atomic E-state index is 13.5. The Balaban J connectivity index is 1.30. The number of thioether (sulfide) groups is 1. The molecule has 1 saturated heterocycles. The summed E-state index contributed by atoms with van der Waals surface area (Å²) in [6.45, 7) is 6.31. The van der Waals surface area contributed by atoms with Gasteiger partial charge in [-0.1, -0.05) is 48.2 Å². The lowest BCUT2D eigenvalue weighted by Gasteiger charge is -2.15. The van der Waals surface area contributed by atoms with Crippen LogP contribution in [0, 0.1) is 20.8 Å². The maximum Gasteiger partial charge on any atom is 0.270 e. The van der Waals surface area contributed by atoms with E-state index in [4.69, 9.17) is 21.7 Å². The van der Waals surface area contributed by atoms with Crippen LogP contribution in [-0.2, 0) is 16.1 Å². The molecule has 9 heteroatoms. The van der Waals surface area contributed by atoms with Crippen molar-refractivity contribution in [1.82, 2.24) is 4.57 Å². The number of para-hydroxylation sites is 1. The van der Waals surface area contributed by atoms with E-state index < -0.39 is 0 Å². The number of amides is 2. The number of rotatable bonds is 5. The molecule has 0 saturated carbocycles. The van der Waals surface area contributed by atoms with Crippen LogP contribution >= 0.6 is 24.0 Å². The molecule has 1 aromatic heterocycles. The number of thiocarbonyl (C=S) groups is 1. The third kappa shape index (κ3) is 4.57. The highest BCUT2D eigenvalue weighted by atomic mass is 32.2. The van der Waals surface area contributed by atoms with Gasteiger partial charge < -0.3 is 19.4 Å². The van der Waals surface area contributed by atoms with E-state index in [1.54, 1.807) is 23.1 Å². The van der Waals surface area contributed by atoms with Crippen LogP contribution < -0.4 is 19.7 Å². The van der Waals surface area contributed by atoms with Crippen LogP contribution in [0.5, 0.6) is 11.5 Å². The molecule has 0 atom stereocenters. The topological polar surface area (TPSA) is 72.8 Å². The van der Waals surface area contributed by atoms with Gasteiger partial charge in [0, 0.05) is 33.9 Å². The van der Waals surface area contributed by atoms with Gasteiger partial charge in [-0.15, -0.1) is 0 Å². The van der Waals surface area contributed by atoms with Crippen molar-refractivity contribution in [2.24, 2.45) is 0 Å². The van der Waals surface area contributed by atoms with E-state index in [2.05, 4.69) is 5.32 Å². The monoisotopic (exact) mass is 555 g/mol. The fraction of sp³-hybridized carbons (Fsp3) is 0.167. The lowest BCUT2D eigenvalue weighted by Crippen LogP contribution is -2.27. The molecule has 7 nitrogen and oxygen atoms in total. The first-order valence-electron chi connectivity index (χ1n) is 12.4. The van der Waals surface area contributed by atoms with Gasteiger partial charge in [-0.05, 0) is 68.3 Å². The number of carbonyl (C=O) groups is 2. The average Bonchev–Trinajstić information content (AvgIpc) is 3.57. The molecule has 3 aromatic carbocycles. The Hall–Kier alpha value is -4.08. The first kappa shape index (κ1) is 25.2. The molecule has 3 heterocycles. The summed E-state index contributed by atoms with van der Waals surface area (Å²) in [5.74, 6) is 0.943. The molecule has 0 spiro atoms. The second kappa shape index (κ2) is 9.91. The minimum atomic E-state index is -0.176. The fourth-order valence-corrected chi connectivity index (χ4v) is 6.13. The van der Waals surface area contributed by atoms with Crippen LogP contribution in [0.25, 0.3) is 17.0 Å². The number of benzene rings is 3. The summed E-state index contributed by atoms with van der Waals surface area (Å²) in [7, 11) is 0. The number of fused-ring (bicyclic) bond motifs is 2. The third-order valence-electron chi connectivity index (χ3n) is 7.06. The standard InChI is InChI=1S/C30H25N3O4S2/c1-17-8-10-21(12-18(17)2)33-29(35)27(39-30(33)38)14-23-19(3)32(24-7-5-4-6-22(23)24)15-28(34)31-20-9-11-25-26(13-20)37-16-36-25/h4-14H,15-16H2,1-3H3,(H,31,34)/b27-14-. The van der Waals surface area contributed by atoms with Crippen LogP contribution in [0.15, 0.2) is 65.6 Å². The van der Waals surface area contributed by atoms with E-state index in [1.807, 2.05) is 73.9 Å². The molecule has 1 N–H and O–H groups in total. The Morgan fingerprint density at radius 2 is 1.82 bits per heavy atom. The second-order valence-electron chi connectivity index (χ2n) is 9.50. The van der Waals surface area contributed by atoms with E-state index in [0.717, 1.165) is 39.0 Å². The van der Waals surface area contributed by atoms with Crippen molar-refractivity contribution < 1.29 is 19.1 Å². The molecule has 0 unspecified atom stereocenters. The summed E-state index contributed by atoms with van der Waals surface area (Å²) in [4.78, 5) is 28.7. The number of nitrogens with zero attached hydrogens (tertiary/aromatic N) is 2. The van der Waals surface area contributed by atoms with E-state index >= 15 is 0 Å². The summed E-state index contributed by atoms with van der Waals surface area (Å²) < 4.78 is 13.2. The molecule has 0 radical (unpaired) electrons. The number of hydrogen-bond acceptors (Lipinski definition) is 6. The first-order chi connectivity index (χ1) is 18.8. The summed E-state index contributed by atoms with van der Waals surface area (Å²) in [5.41, 5.74) is 6.34. The van der Waals surface area contributed by atoms with E-state index in [9.17, 15) is 9.59 Å². The number of aryl methyl sites for hydroxylation is 2. The molecule has 2 aliphatic rings. The number of anilines is 2. The Morgan fingerprint density at radius 1 is 1.03 bits per heavy atom. The molecule has 0 bridgehead atoms. The van der Waals surface area contributed by atoms with E-state index in [-0.39, 0.29) is 25.2 Å². The summed E-state index contributed by atoms with van der Waals surface area (Å²) >= 11 is 6.90. The minimum absolute atomic E-state index is 0.109. The van der Waals surface area contributed by atoms with Crippen LogP contribution in [0.4, 0.5) is 11.4 Å². The number of carbonyl (C=O) groups excluding carboxylic acids is 2. The molecule has 39 heavy (non-hydrogen) atoms. The zero-order chi connectivity index (χ0) is 27.3. The highest BCUT2D eigenvalue weighted by Crippen LogP contribution is 2.39. The summed E-state index contributed by atoms with van der Waals surface area (Å²) in [5, 5.41) is 3.91. The number of ether oxygens (including phenoxy) is 2. The molecule has 0 aliphatic carbocycles. The largest absolute Gasteiger partial charge is 0.454 e. The Kier molecular flexibility index (Phi) is 6.40. The molecule has 1 fully saturated rings. The highest BCUT2D eigenvalue weighted by Gasteiger charge is 2.34. The van der Waals surface area contributed by atoms with Gasteiger partial charge in [-0.3, -0.25) is 14.5 Å². The highest BCUT2D eigenvalue weighted by molar-refractivity contribution is 8.27. The van der Waals surface area contributed by atoms with Gasteiger partial charge >= 0.3 is 0 Å². The quantitative estimate of drug-likeness (QED) is 0.229. The van der Waals surface area contributed by atoms with Crippen molar-refractivity contribution >= 4 is 68.5 Å². The SMILES string of the molecule is Cc1ccc(N2C(=O)/C(=C/c3c(C)n(CC(=O)Nc4ccc5c(c4)OCO5)c4ccccc34)SC2=S)cc1C. The Morgan fingerprint density at radius 3 is 2.64 bits per heavy atom. The van der Waals surface area contributed by atoms with E-state index in [0.29, 0.717) is 26.4 Å². The third-order valence-corrected chi connectivity index (χ3v) is 8.36. The smallest absolute Gasteiger partial charge is 0.270 e. The number of hydrogen-bond donors (Lipinski definition) is 1. The Bertz CT molecular complexity index is 1720. The molecule has 2 amide bonds. The predicted molar refractivity (Wildman–Crippen MR) is 159 cm³/mol. The normalized spacial score (nSPS) is 15.6. The summed E-state index contributed by atoms with van der Waals surface area (Å²) in [6.07, 6.45) is 1.89. The van der Waals surface area contributed by atoms with Crippen molar-refractivity contribution in [2.75, 3.05) is 17.0 Å². The lowest BCUT2D eigenvalue weighted by molar-refractivity contribution is -0.116. The van der Waals surface area contributed by atoms with Crippen molar-refractivity contribution in [2.45, 2.75) is 27.3 Å². The van der Waals surface area contributed by atoms with Gasteiger partial charge in [0.2, 0.25) is 12.7 Å². The second-order valence-corrected chi connectivity index (χ2v) is 11.2. The summed E-state index contributed by atoms with van der Waals surface area (Å²) in [6, 6.07) is 19.1. The lowest BCUT2D eigenvalue weighted by atomic mass is 10.1. The van der Waals surface area contributed by atoms with Crippen LogP contribution in [0.3, 0.4) is 0 Å². The van der Waals surface area contributed by atoms with Crippen LogP contribution in [-0.4, -0.2) is 27.5 Å². The number of nitrogens with one attached hydrogen (secondary N) is 1.